The Bertz CT molecular complexity index is 408. The molecule has 112 valence electrons. The van der Waals surface area contributed by atoms with E-state index < -0.39 is 10.2 Å². The van der Waals surface area contributed by atoms with Crippen molar-refractivity contribution in [2.24, 2.45) is 5.92 Å². The predicted molar refractivity (Wildman–Crippen MR) is 73.8 cm³/mol. The largest absolute Gasteiger partial charge is 0.359 e. The van der Waals surface area contributed by atoms with Crippen LogP contribution < -0.4 is 10.0 Å². The first-order valence-electron chi connectivity index (χ1n) is 6.53. The number of rotatable bonds is 6. The summed E-state index contributed by atoms with van der Waals surface area (Å²) >= 11 is 0. The summed E-state index contributed by atoms with van der Waals surface area (Å²) in [5.41, 5.74) is 0. The summed E-state index contributed by atoms with van der Waals surface area (Å²) in [4.78, 5) is 13.7. The van der Waals surface area contributed by atoms with Crippen molar-refractivity contribution in [1.82, 2.24) is 19.2 Å². The van der Waals surface area contributed by atoms with Crippen LogP contribution in [0.3, 0.4) is 0 Å². The molecule has 0 bridgehead atoms. The molecule has 8 heteroatoms. The first kappa shape index (κ1) is 16.4. The average Bonchev–Trinajstić information content (AvgIpc) is 2.69. The Morgan fingerprint density at radius 1 is 1.32 bits per heavy atom. The molecule has 1 heterocycles. The van der Waals surface area contributed by atoms with Gasteiger partial charge in [-0.25, -0.2) is 0 Å². The minimum absolute atomic E-state index is 0.128. The monoisotopic (exact) mass is 292 g/mol. The van der Waals surface area contributed by atoms with Gasteiger partial charge in [0.25, 0.3) is 10.2 Å². The molecule has 0 aromatic heterocycles. The zero-order valence-corrected chi connectivity index (χ0v) is 12.8. The molecule has 1 fully saturated rings. The number of nitrogens with one attached hydrogen (secondary N) is 2. The van der Waals surface area contributed by atoms with Crippen molar-refractivity contribution in [2.75, 3.05) is 40.3 Å². The van der Waals surface area contributed by atoms with Gasteiger partial charge in [0.2, 0.25) is 5.91 Å². The van der Waals surface area contributed by atoms with E-state index in [9.17, 15) is 13.2 Å². The number of likely N-dealkylation sites (tertiary alicyclic amines) is 1. The van der Waals surface area contributed by atoms with Gasteiger partial charge in [0, 0.05) is 39.3 Å². The van der Waals surface area contributed by atoms with Gasteiger partial charge in [0.1, 0.15) is 0 Å². The third-order valence-electron chi connectivity index (χ3n) is 3.43. The Morgan fingerprint density at radius 3 is 2.37 bits per heavy atom. The molecule has 7 nitrogen and oxygen atoms in total. The second-order valence-electron chi connectivity index (χ2n) is 4.76. The van der Waals surface area contributed by atoms with Crippen LogP contribution in [-0.4, -0.2) is 69.8 Å². The second-order valence-corrected chi connectivity index (χ2v) is 6.46. The summed E-state index contributed by atoms with van der Waals surface area (Å²) in [5.74, 6) is -0.475. The number of nitrogens with zero attached hydrogens (tertiary/aromatic N) is 2. The maximum Gasteiger partial charge on any atom is 0.279 e. The molecule has 2 atom stereocenters. The summed E-state index contributed by atoms with van der Waals surface area (Å²) < 4.78 is 28.4. The summed E-state index contributed by atoms with van der Waals surface area (Å²) in [6, 6.07) is -0.379. The van der Waals surface area contributed by atoms with E-state index in [1.807, 2.05) is 11.9 Å². The lowest BCUT2D eigenvalue weighted by Gasteiger charge is -2.24. The first-order valence-corrected chi connectivity index (χ1v) is 7.97. The lowest BCUT2D eigenvalue weighted by molar-refractivity contribution is -0.124. The molecule has 0 radical (unpaired) electrons. The third kappa shape index (κ3) is 3.88. The Morgan fingerprint density at radius 2 is 1.89 bits per heavy atom. The van der Waals surface area contributed by atoms with Crippen LogP contribution >= 0.6 is 0 Å². The SMILES string of the molecule is CCN(CC)S(=O)(=O)N[C@H]1CN(C)C[C@H]1C(=O)NC. The number of likely N-dealkylation sites (N-methyl/N-ethyl adjacent to an activating group) is 1. The van der Waals surface area contributed by atoms with Crippen molar-refractivity contribution in [3.8, 4) is 0 Å². The van der Waals surface area contributed by atoms with E-state index in [1.54, 1.807) is 20.9 Å². The van der Waals surface area contributed by atoms with Crippen LogP contribution in [0.2, 0.25) is 0 Å². The molecule has 1 aliphatic heterocycles. The van der Waals surface area contributed by atoms with E-state index in [2.05, 4.69) is 10.0 Å². The van der Waals surface area contributed by atoms with Crippen molar-refractivity contribution in [3.63, 3.8) is 0 Å². The molecule has 0 spiro atoms. The van der Waals surface area contributed by atoms with E-state index in [4.69, 9.17) is 0 Å². The van der Waals surface area contributed by atoms with Crippen molar-refractivity contribution in [3.05, 3.63) is 0 Å². The lowest BCUT2D eigenvalue weighted by atomic mass is 10.0. The Balaban J connectivity index is 2.82. The Kier molecular flexibility index (Phi) is 5.72. The van der Waals surface area contributed by atoms with E-state index in [1.165, 1.54) is 4.31 Å². The molecule has 0 unspecified atom stereocenters. The topological polar surface area (TPSA) is 81.8 Å². The fraction of sp³-hybridized carbons (Fsp3) is 0.909. The number of hydrogen-bond donors (Lipinski definition) is 2. The maximum absolute atomic E-state index is 12.2. The zero-order chi connectivity index (χ0) is 14.6. The van der Waals surface area contributed by atoms with Gasteiger partial charge in [0.15, 0.2) is 0 Å². The van der Waals surface area contributed by atoms with E-state index in [-0.39, 0.29) is 17.9 Å². The molecule has 1 amide bonds. The quantitative estimate of drug-likeness (QED) is 0.647. The highest BCUT2D eigenvalue weighted by atomic mass is 32.2. The molecule has 1 rings (SSSR count). The van der Waals surface area contributed by atoms with Crippen molar-refractivity contribution in [1.29, 1.82) is 0 Å². The number of carbonyl (C=O) groups is 1. The first-order chi connectivity index (χ1) is 8.85. The summed E-state index contributed by atoms with van der Waals surface area (Å²) in [7, 11) is -0.0846. The van der Waals surface area contributed by atoms with Gasteiger partial charge in [-0.3, -0.25) is 4.79 Å². The number of hydrogen-bond acceptors (Lipinski definition) is 4. The standard InChI is InChI=1S/C11H24N4O3S/c1-5-15(6-2)19(17,18)13-10-8-14(4)7-9(10)11(16)12-3/h9-10,13H,5-8H2,1-4H3,(H,12,16)/t9-,10+/m1/s1. The average molecular weight is 292 g/mol. The van der Waals surface area contributed by atoms with Gasteiger partial charge >= 0.3 is 0 Å². The van der Waals surface area contributed by atoms with Gasteiger partial charge in [-0.15, -0.1) is 0 Å². The predicted octanol–water partition coefficient (Wildman–Crippen LogP) is -1.16. The molecule has 1 saturated heterocycles. The van der Waals surface area contributed by atoms with Gasteiger partial charge in [0.05, 0.1) is 5.92 Å². The Hall–Kier alpha value is -0.700. The molecule has 19 heavy (non-hydrogen) atoms. The fourth-order valence-electron chi connectivity index (χ4n) is 2.40. The van der Waals surface area contributed by atoms with Crippen LogP contribution in [0.4, 0.5) is 0 Å². The minimum atomic E-state index is -3.53. The minimum Gasteiger partial charge on any atom is -0.359 e. The molecule has 0 aliphatic carbocycles. The highest BCUT2D eigenvalue weighted by Gasteiger charge is 2.38. The van der Waals surface area contributed by atoms with Crippen LogP contribution in [-0.2, 0) is 15.0 Å². The molecule has 0 aromatic rings. The Labute approximate surface area is 115 Å². The van der Waals surface area contributed by atoms with Gasteiger partial charge in [-0.2, -0.15) is 17.4 Å². The summed E-state index contributed by atoms with van der Waals surface area (Å²) in [5, 5.41) is 2.59. The highest BCUT2D eigenvalue weighted by Crippen LogP contribution is 2.17. The lowest BCUT2D eigenvalue weighted by Crippen LogP contribution is -2.50. The van der Waals surface area contributed by atoms with E-state index >= 15 is 0 Å². The smallest absolute Gasteiger partial charge is 0.279 e. The van der Waals surface area contributed by atoms with Crippen molar-refractivity contribution < 1.29 is 13.2 Å². The maximum atomic E-state index is 12.2. The summed E-state index contributed by atoms with van der Waals surface area (Å²) in [6.07, 6.45) is 0. The third-order valence-corrected chi connectivity index (χ3v) is 5.23. The van der Waals surface area contributed by atoms with Crippen LogP contribution in [0.1, 0.15) is 13.8 Å². The van der Waals surface area contributed by atoms with E-state index in [0.29, 0.717) is 26.2 Å². The fourth-order valence-corrected chi connectivity index (χ4v) is 3.85. The van der Waals surface area contributed by atoms with Crippen molar-refractivity contribution in [2.45, 2.75) is 19.9 Å². The van der Waals surface area contributed by atoms with Gasteiger partial charge in [-0.1, -0.05) is 13.8 Å². The zero-order valence-electron chi connectivity index (χ0n) is 12.0. The van der Waals surface area contributed by atoms with Crippen LogP contribution in [0, 0.1) is 5.92 Å². The number of amides is 1. The molecular formula is C11H24N4O3S. The molecule has 2 N–H and O–H groups in total. The molecular weight excluding hydrogens is 268 g/mol. The van der Waals surface area contributed by atoms with Gasteiger partial charge < -0.3 is 10.2 Å². The molecule has 1 aliphatic rings. The van der Waals surface area contributed by atoms with E-state index in [0.717, 1.165) is 0 Å². The van der Waals surface area contributed by atoms with Crippen LogP contribution in [0.15, 0.2) is 0 Å². The normalized spacial score (nSPS) is 24.9. The highest BCUT2D eigenvalue weighted by molar-refractivity contribution is 7.87. The molecule has 0 saturated carbocycles. The van der Waals surface area contributed by atoms with Crippen LogP contribution in [0.5, 0.6) is 0 Å². The van der Waals surface area contributed by atoms with Crippen molar-refractivity contribution >= 4 is 16.1 Å². The second kappa shape index (κ2) is 6.65. The number of carbonyl (C=O) groups excluding carboxylic acids is 1. The molecule has 0 aromatic carbocycles. The van der Waals surface area contributed by atoms with Gasteiger partial charge in [-0.05, 0) is 7.05 Å². The summed E-state index contributed by atoms with van der Waals surface area (Å²) in [6.45, 7) is 5.52. The van der Waals surface area contributed by atoms with Crippen LogP contribution in [0.25, 0.3) is 0 Å².